The van der Waals surface area contributed by atoms with Gasteiger partial charge in [-0.15, -0.1) is 0 Å². The Morgan fingerprint density at radius 3 is 2.71 bits per heavy atom. The van der Waals surface area contributed by atoms with E-state index in [1.807, 2.05) is 0 Å². The van der Waals surface area contributed by atoms with E-state index in [1.54, 1.807) is 6.92 Å². The van der Waals surface area contributed by atoms with E-state index in [2.05, 4.69) is 15.9 Å². The zero-order chi connectivity index (χ0) is 10.7. The van der Waals surface area contributed by atoms with Crippen molar-refractivity contribution in [1.29, 1.82) is 0 Å². The molecule has 1 atom stereocenters. The molecule has 0 aliphatic rings. The average molecular weight is 261 g/mol. The van der Waals surface area contributed by atoms with Crippen molar-refractivity contribution in [2.75, 3.05) is 7.11 Å². The van der Waals surface area contributed by atoms with E-state index in [4.69, 9.17) is 4.74 Å². The van der Waals surface area contributed by atoms with E-state index >= 15 is 0 Å². The zero-order valence-corrected chi connectivity index (χ0v) is 9.47. The summed E-state index contributed by atoms with van der Waals surface area (Å²) in [4.78, 5) is 11.3. The molecule has 0 aromatic heterocycles. The van der Waals surface area contributed by atoms with Crippen molar-refractivity contribution in [1.82, 2.24) is 0 Å². The molecule has 0 saturated heterocycles. The third kappa shape index (κ3) is 2.32. The average Bonchev–Trinajstić information content (AvgIpc) is 2.16. The number of Topliss-reactive ketones (excluding diaryl/α,β-unsaturated/α-hetero) is 1. The van der Waals surface area contributed by atoms with Crippen LogP contribution in [0.4, 0.5) is 4.39 Å². The smallest absolute Gasteiger partial charge is 0.179 e. The SMILES string of the molecule is COc1cc(F)ccc1C(=O)C(C)Br. The molecule has 1 aromatic carbocycles. The second-order valence-electron chi connectivity index (χ2n) is 2.82. The van der Waals surface area contributed by atoms with Crippen LogP contribution in [0.25, 0.3) is 0 Å². The number of alkyl halides is 1. The summed E-state index contributed by atoms with van der Waals surface area (Å²) in [6.07, 6.45) is 0. The Bertz CT molecular complexity index is 350. The summed E-state index contributed by atoms with van der Waals surface area (Å²) in [5.74, 6) is -0.274. The van der Waals surface area contributed by atoms with Gasteiger partial charge in [0.2, 0.25) is 0 Å². The van der Waals surface area contributed by atoms with E-state index in [-0.39, 0.29) is 16.4 Å². The molecule has 0 saturated carbocycles. The summed E-state index contributed by atoms with van der Waals surface area (Å²) >= 11 is 3.16. The first kappa shape index (κ1) is 11.2. The first-order chi connectivity index (χ1) is 6.56. The predicted molar refractivity (Wildman–Crippen MR) is 55.7 cm³/mol. The van der Waals surface area contributed by atoms with Crippen molar-refractivity contribution < 1.29 is 13.9 Å². The van der Waals surface area contributed by atoms with E-state index in [0.29, 0.717) is 5.56 Å². The molecule has 0 amide bonds. The molecule has 0 radical (unpaired) electrons. The minimum absolute atomic E-state index is 0.123. The summed E-state index contributed by atoms with van der Waals surface area (Å²) in [5.41, 5.74) is 0.387. The molecule has 1 unspecified atom stereocenters. The second kappa shape index (κ2) is 4.55. The van der Waals surface area contributed by atoms with Gasteiger partial charge < -0.3 is 4.74 Å². The molecule has 0 bridgehead atoms. The van der Waals surface area contributed by atoms with Gasteiger partial charge in [-0.2, -0.15) is 0 Å². The molecule has 0 aliphatic heterocycles. The highest BCUT2D eigenvalue weighted by Gasteiger charge is 2.16. The largest absolute Gasteiger partial charge is 0.496 e. The van der Waals surface area contributed by atoms with Crippen molar-refractivity contribution in [2.24, 2.45) is 0 Å². The molecular weight excluding hydrogens is 251 g/mol. The van der Waals surface area contributed by atoms with E-state index in [9.17, 15) is 9.18 Å². The van der Waals surface area contributed by atoms with Crippen LogP contribution in [0.15, 0.2) is 18.2 Å². The number of hydrogen-bond donors (Lipinski definition) is 0. The van der Waals surface area contributed by atoms with Crippen LogP contribution in [0.2, 0.25) is 0 Å². The lowest BCUT2D eigenvalue weighted by molar-refractivity contribution is 0.0993. The molecule has 14 heavy (non-hydrogen) atoms. The number of methoxy groups -OCH3 is 1. The first-order valence-electron chi connectivity index (χ1n) is 4.08. The van der Waals surface area contributed by atoms with Crippen LogP contribution in [0.5, 0.6) is 5.75 Å². The van der Waals surface area contributed by atoms with Crippen molar-refractivity contribution in [3.05, 3.63) is 29.6 Å². The number of benzene rings is 1. The molecule has 1 rings (SSSR count). The lowest BCUT2D eigenvalue weighted by Crippen LogP contribution is -2.11. The van der Waals surface area contributed by atoms with E-state index in [0.717, 1.165) is 0 Å². The van der Waals surface area contributed by atoms with E-state index in [1.165, 1.54) is 25.3 Å². The van der Waals surface area contributed by atoms with Gasteiger partial charge in [-0.05, 0) is 19.1 Å². The van der Waals surface area contributed by atoms with Gasteiger partial charge in [0.05, 0.1) is 17.5 Å². The number of ether oxygens (including phenoxy) is 1. The Morgan fingerprint density at radius 1 is 1.57 bits per heavy atom. The molecule has 4 heteroatoms. The van der Waals surface area contributed by atoms with Gasteiger partial charge in [0.1, 0.15) is 11.6 Å². The molecule has 0 spiro atoms. The van der Waals surface area contributed by atoms with Crippen LogP contribution in [0.1, 0.15) is 17.3 Å². The molecule has 0 N–H and O–H groups in total. The van der Waals surface area contributed by atoms with Gasteiger partial charge in [0.25, 0.3) is 0 Å². The molecular formula is C10H10BrFO2. The van der Waals surface area contributed by atoms with Gasteiger partial charge in [0, 0.05) is 6.07 Å². The molecule has 1 aromatic rings. The van der Waals surface area contributed by atoms with Gasteiger partial charge in [-0.1, -0.05) is 15.9 Å². The van der Waals surface area contributed by atoms with Crippen LogP contribution < -0.4 is 4.74 Å². The van der Waals surface area contributed by atoms with Crippen molar-refractivity contribution in [3.63, 3.8) is 0 Å². The van der Waals surface area contributed by atoms with Crippen LogP contribution in [0, 0.1) is 5.82 Å². The Hall–Kier alpha value is -0.900. The summed E-state index contributed by atoms with van der Waals surface area (Å²) in [6, 6.07) is 3.86. The lowest BCUT2D eigenvalue weighted by Gasteiger charge is -2.08. The van der Waals surface area contributed by atoms with Gasteiger partial charge in [-0.3, -0.25) is 4.79 Å². The number of ketones is 1. The van der Waals surface area contributed by atoms with Crippen molar-refractivity contribution in [2.45, 2.75) is 11.8 Å². The third-order valence-electron chi connectivity index (χ3n) is 1.79. The number of halogens is 2. The zero-order valence-electron chi connectivity index (χ0n) is 7.88. The van der Waals surface area contributed by atoms with Gasteiger partial charge in [0.15, 0.2) is 5.78 Å². The Labute approximate surface area is 90.2 Å². The minimum atomic E-state index is -0.416. The number of hydrogen-bond acceptors (Lipinski definition) is 2. The standard InChI is InChI=1S/C10H10BrFO2/c1-6(11)10(13)8-4-3-7(12)5-9(8)14-2/h3-6H,1-2H3. The second-order valence-corrected chi connectivity index (χ2v) is 4.20. The number of carbonyl (C=O) groups excluding carboxylic acids is 1. The highest BCUT2D eigenvalue weighted by atomic mass is 79.9. The maximum absolute atomic E-state index is 12.8. The summed E-state index contributed by atoms with van der Waals surface area (Å²) in [7, 11) is 1.41. The van der Waals surface area contributed by atoms with Crippen LogP contribution >= 0.6 is 15.9 Å². The fourth-order valence-corrected chi connectivity index (χ4v) is 1.33. The van der Waals surface area contributed by atoms with Crippen molar-refractivity contribution in [3.8, 4) is 5.75 Å². The molecule has 0 fully saturated rings. The Kier molecular flexibility index (Phi) is 3.63. The lowest BCUT2D eigenvalue weighted by atomic mass is 10.1. The monoisotopic (exact) mass is 260 g/mol. The number of carbonyl (C=O) groups is 1. The van der Waals surface area contributed by atoms with Crippen LogP contribution in [-0.2, 0) is 0 Å². The summed E-state index contributed by atoms with van der Waals surface area (Å²) < 4.78 is 17.7. The molecule has 2 nitrogen and oxygen atoms in total. The molecule has 0 heterocycles. The highest BCUT2D eigenvalue weighted by molar-refractivity contribution is 9.10. The van der Waals surface area contributed by atoms with Gasteiger partial charge in [-0.25, -0.2) is 4.39 Å². The van der Waals surface area contributed by atoms with E-state index < -0.39 is 5.82 Å². The molecule has 0 aliphatic carbocycles. The van der Waals surface area contributed by atoms with Crippen LogP contribution in [-0.4, -0.2) is 17.7 Å². The summed E-state index contributed by atoms with van der Waals surface area (Å²) in [5, 5.41) is 0. The van der Waals surface area contributed by atoms with Gasteiger partial charge >= 0.3 is 0 Å². The van der Waals surface area contributed by atoms with Crippen molar-refractivity contribution >= 4 is 21.7 Å². The first-order valence-corrected chi connectivity index (χ1v) is 4.99. The Morgan fingerprint density at radius 2 is 2.21 bits per heavy atom. The molecule has 76 valence electrons. The maximum atomic E-state index is 12.8. The number of rotatable bonds is 3. The summed E-state index contributed by atoms with van der Waals surface area (Å²) in [6.45, 7) is 1.71. The fraction of sp³-hybridized carbons (Fsp3) is 0.300. The highest BCUT2D eigenvalue weighted by Crippen LogP contribution is 2.22. The Balaban J connectivity index is 3.14. The minimum Gasteiger partial charge on any atom is -0.496 e. The fourth-order valence-electron chi connectivity index (χ4n) is 1.08. The maximum Gasteiger partial charge on any atom is 0.179 e. The normalized spacial score (nSPS) is 12.3. The quantitative estimate of drug-likeness (QED) is 0.617. The van der Waals surface area contributed by atoms with Crippen LogP contribution in [0.3, 0.4) is 0 Å². The topological polar surface area (TPSA) is 26.3 Å². The third-order valence-corrected chi connectivity index (χ3v) is 2.21. The predicted octanol–water partition coefficient (Wildman–Crippen LogP) is 2.80.